The van der Waals surface area contributed by atoms with E-state index in [0.717, 1.165) is 28.6 Å². The van der Waals surface area contributed by atoms with Crippen LogP contribution >= 0.6 is 15.9 Å². The predicted octanol–water partition coefficient (Wildman–Crippen LogP) is 3.62. The van der Waals surface area contributed by atoms with Gasteiger partial charge in [0.1, 0.15) is 12.4 Å². The molecule has 1 aromatic carbocycles. The third kappa shape index (κ3) is 4.82. The molecule has 28 heavy (non-hydrogen) atoms. The number of nitrogens with zero attached hydrogens (tertiary/aromatic N) is 4. The van der Waals surface area contributed by atoms with Gasteiger partial charge in [-0.05, 0) is 37.5 Å². The van der Waals surface area contributed by atoms with Crippen LogP contribution in [0.1, 0.15) is 42.9 Å². The summed E-state index contributed by atoms with van der Waals surface area (Å²) in [5, 5.41) is 15.2. The smallest absolute Gasteiger partial charge is 0.191 e. The molecular formula is C21H29BrN6. The molecule has 0 spiro atoms. The molecule has 7 heteroatoms. The van der Waals surface area contributed by atoms with Gasteiger partial charge >= 0.3 is 0 Å². The van der Waals surface area contributed by atoms with E-state index in [0.29, 0.717) is 13.1 Å². The van der Waals surface area contributed by atoms with Crippen molar-refractivity contribution >= 4 is 21.9 Å². The molecule has 0 unspecified atom stereocenters. The number of aromatic nitrogens is 3. The SMILES string of the molecule is C=CCNC(=NCc1nnc(C)n1C)NCC1(c2ccc(Br)cc2)CCCC1. The fourth-order valence-electron chi connectivity index (χ4n) is 3.76. The van der Waals surface area contributed by atoms with Crippen molar-refractivity contribution in [3.63, 3.8) is 0 Å². The van der Waals surface area contributed by atoms with Crippen molar-refractivity contribution in [3.8, 4) is 0 Å². The van der Waals surface area contributed by atoms with Gasteiger partial charge in [-0.25, -0.2) is 4.99 Å². The zero-order valence-corrected chi connectivity index (χ0v) is 18.3. The highest BCUT2D eigenvalue weighted by atomic mass is 79.9. The Hall–Kier alpha value is -2.15. The van der Waals surface area contributed by atoms with Crippen LogP contribution in [0, 0.1) is 6.92 Å². The highest BCUT2D eigenvalue weighted by Crippen LogP contribution is 2.40. The van der Waals surface area contributed by atoms with E-state index in [9.17, 15) is 0 Å². The van der Waals surface area contributed by atoms with Gasteiger partial charge in [0.25, 0.3) is 0 Å². The zero-order chi connectivity index (χ0) is 20.0. The Morgan fingerprint density at radius 2 is 1.96 bits per heavy atom. The molecule has 1 fully saturated rings. The van der Waals surface area contributed by atoms with Gasteiger partial charge in [-0.1, -0.05) is 47.0 Å². The highest BCUT2D eigenvalue weighted by Gasteiger charge is 2.35. The summed E-state index contributed by atoms with van der Waals surface area (Å²) in [7, 11) is 1.96. The van der Waals surface area contributed by atoms with E-state index in [2.05, 4.69) is 67.6 Å². The first-order valence-corrected chi connectivity index (χ1v) is 10.6. The van der Waals surface area contributed by atoms with E-state index < -0.39 is 0 Å². The summed E-state index contributed by atoms with van der Waals surface area (Å²) in [5.41, 5.74) is 1.55. The maximum Gasteiger partial charge on any atom is 0.191 e. The second-order valence-electron chi connectivity index (χ2n) is 7.40. The fourth-order valence-corrected chi connectivity index (χ4v) is 4.02. The maximum atomic E-state index is 4.72. The van der Waals surface area contributed by atoms with Gasteiger partial charge in [0.15, 0.2) is 11.8 Å². The molecule has 150 valence electrons. The minimum atomic E-state index is 0.151. The molecule has 0 aliphatic heterocycles. The van der Waals surface area contributed by atoms with E-state index >= 15 is 0 Å². The molecule has 1 aromatic heterocycles. The monoisotopic (exact) mass is 444 g/mol. The van der Waals surface area contributed by atoms with Crippen LogP contribution in [-0.2, 0) is 19.0 Å². The van der Waals surface area contributed by atoms with Crippen molar-refractivity contribution < 1.29 is 0 Å². The van der Waals surface area contributed by atoms with Crippen molar-refractivity contribution in [3.05, 3.63) is 58.6 Å². The zero-order valence-electron chi connectivity index (χ0n) is 16.7. The van der Waals surface area contributed by atoms with Gasteiger partial charge in [0.2, 0.25) is 0 Å². The molecule has 0 atom stereocenters. The third-order valence-electron chi connectivity index (χ3n) is 5.59. The number of guanidine groups is 1. The highest BCUT2D eigenvalue weighted by molar-refractivity contribution is 9.10. The summed E-state index contributed by atoms with van der Waals surface area (Å²) in [6, 6.07) is 8.76. The second-order valence-corrected chi connectivity index (χ2v) is 8.32. The number of rotatable bonds is 7. The van der Waals surface area contributed by atoms with Gasteiger partial charge in [-0.3, -0.25) is 0 Å². The van der Waals surface area contributed by atoms with Gasteiger partial charge in [-0.15, -0.1) is 16.8 Å². The van der Waals surface area contributed by atoms with Crippen LogP contribution in [0.2, 0.25) is 0 Å². The number of halogens is 1. The largest absolute Gasteiger partial charge is 0.355 e. The molecule has 2 N–H and O–H groups in total. The lowest BCUT2D eigenvalue weighted by molar-refractivity contribution is 0.432. The second kappa shape index (κ2) is 9.37. The molecule has 1 heterocycles. The number of nitrogens with one attached hydrogen (secondary N) is 2. The summed E-state index contributed by atoms with van der Waals surface area (Å²) in [4.78, 5) is 4.72. The first-order valence-electron chi connectivity index (χ1n) is 9.78. The Labute approximate surface area is 175 Å². The first kappa shape index (κ1) is 20.6. The molecule has 6 nitrogen and oxygen atoms in total. The minimum Gasteiger partial charge on any atom is -0.355 e. The lowest BCUT2D eigenvalue weighted by Gasteiger charge is -2.31. The van der Waals surface area contributed by atoms with Crippen molar-refractivity contribution in [2.24, 2.45) is 12.0 Å². The molecule has 0 bridgehead atoms. The summed E-state index contributed by atoms with van der Waals surface area (Å²) < 4.78 is 3.08. The quantitative estimate of drug-likeness (QED) is 0.388. The molecule has 1 saturated carbocycles. The number of hydrogen-bond donors (Lipinski definition) is 2. The normalized spacial score (nSPS) is 16.2. The first-order chi connectivity index (χ1) is 13.5. The van der Waals surface area contributed by atoms with E-state index in [1.807, 2.05) is 24.6 Å². The Morgan fingerprint density at radius 1 is 1.25 bits per heavy atom. The van der Waals surface area contributed by atoms with Crippen molar-refractivity contribution in [2.45, 2.75) is 44.6 Å². The fraction of sp³-hybridized carbons (Fsp3) is 0.476. The van der Waals surface area contributed by atoms with Crippen molar-refractivity contribution in [2.75, 3.05) is 13.1 Å². The summed E-state index contributed by atoms with van der Waals surface area (Å²) in [5.74, 6) is 2.52. The van der Waals surface area contributed by atoms with Crippen molar-refractivity contribution in [1.29, 1.82) is 0 Å². The van der Waals surface area contributed by atoms with Crippen LogP contribution in [0.25, 0.3) is 0 Å². The lowest BCUT2D eigenvalue weighted by atomic mass is 9.79. The Morgan fingerprint density at radius 3 is 2.57 bits per heavy atom. The van der Waals surface area contributed by atoms with E-state index in [-0.39, 0.29) is 5.41 Å². The average Bonchev–Trinajstić information content (AvgIpc) is 3.30. The molecule has 0 radical (unpaired) electrons. The van der Waals surface area contributed by atoms with Crippen LogP contribution in [-0.4, -0.2) is 33.8 Å². The molecule has 0 amide bonds. The number of hydrogen-bond acceptors (Lipinski definition) is 3. The standard InChI is InChI=1S/C21H29BrN6/c1-4-13-23-20(24-14-19-27-26-16(2)28(19)3)25-15-21(11-5-6-12-21)17-7-9-18(22)10-8-17/h4,7-10H,1,5-6,11-15H2,2-3H3,(H2,23,24,25). The lowest BCUT2D eigenvalue weighted by Crippen LogP contribution is -2.44. The average molecular weight is 445 g/mol. The van der Waals surface area contributed by atoms with E-state index in [1.165, 1.54) is 31.2 Å². The van der Waals surface area contributed by atoms with Gasteiger partial charge < -0.3 is 15.2 Å². The minimum absolute atomic E-state index is 0.151. The number of aryl methyl sites for hydroxylation is 1. The molecule has 3 rings (SSSR count). The molecular weight excluding hydrogens is 416 g/mol. The predicted molar refractivity (Wildman–Crippen MR) is 117 cm³/mol. The summed E-state index contributed by atoms with van der Waals surface area (Å²) in [6.07, 6.45) is 6.76. The van der Waals surface area contributed by atoms with Crippen LogP contribution in [0.5, 0.6) is 0 Å². The van der Waals surface area contributed by atoms with Gasteiger partial charge in [-0.2, -0.15) is 0 Å². The summed E-state index contributed by atoms with van der Waals surface area (Å²) >= 11 is 3.55. The van der Waals surface area contributed by atoms with Crippen LogP contribution in [0.4, 0.5) is 0 Å². The Bertz CT molecular complexity index is 818. The van der Waals surface area contributed by atoms with E-state index in [1.54, 1.807) is 0 Å². The number of aliphatic imine (C=N–C) groups is 1. The topological polar surface area (TPSA) is 67.1 Å². The Kier molecular flexibility index (Phi) is 6.88. The molecule has 1 aliphatic carbocycles. The third-order valence-corrected chi connectivity index (χ3v) is 6.12. The molecule has 1 aliphatic rings. The summed E-state index contributed by atoms with van der Waals surface area (Å²) in [6.45, 7) is 7.74. The van der Waals surface area contributed by atoms with Crippen LogP contribution in [0.3, 0.4) is 0 Å². The van der Waals surface area contributed by atoms with E-state index in [4.69, 9.17) is 4.99 Å². The van der Waals surface area contributed by atoms with Crippen LogP contribution in [0.15, 0.2) is 46.4 Å². The molecule has 0 saturated heterocycles. The number of benzene rings is 1. The molecule has 2 aromatic rings. The van der Waals surface area contributed by atoms with Gasteiger partial charge in [0, 0.05) is 30.0 Å². The van der Waals surface area contributed by atoms with Crippen LogP contribution < -0.4 is 10.6 Å². The van der Waals surface area contributed by atoms with Gasteiger partial charge in [0.05, 0.1) is 0 Å². The van der Waals surface area contributed by atoms with Crippen molar-refractivity contribution in [1.82, 2.24) is 25.4 Å². The Balaban J connectivity index is 1.73. The maximum absolute atomic E-state index is 4.72.